The maximum atomic E-state index is 12.8. The van der Waals surface area contributed by atoms with Crippen molar-refractivity contribution in [3.05, 3.63) is 24.3 Å². The first kappa shape index (κ1) is 19.6. The monoisotopic (exact) mass is 323 g/mol. The van der Waals surface area contributed by atoms with Crippen LogP contribution in [0.25, 0.3) is 0 Å². The number of esters is 1. The van der Waals surface area contributed by atoms with Crippen molar-refractivity contribution in [2.24, 2.45) is 5.92 Å². The lowest BCUT2D eigenvalue weighted by molar-refractivity contribution is -0.291. The van der Waals surface area contributed by atoms with E-state index in [1.807, 2.05) is 32.8 Å². The molecule has 2 unspecified atom stereocenters. The number of hydroxylamine groups is 2. The van der Waals surface area contributed by atoms with Crippen molar-refractivity contribution >= 4 is 11.8 Å². The summed E-state index contributed by atoms with van der Waals surface area (Å²) >= 11 is 0. The van der Waals surface area contributed by atoms with Crippen LogP contribution in [0, 0.1) is 5.92 Å². The van der Waals surface area contributed by atoms with Gasteiger partial charge in [0.05, 0.1) is 18.6 Å². The van der Waals surface area contributed by atoms with Crippen molar-refractivity contribution < 1.29 is 19.2 Å². The second kappa shape index (κ2) is 6.57. The maximum Gasteiger partial charge on any atom is 0.333 e. The summed E-state index contributed by atoms with van der Waals surface area (Å²) in [5.74, 6) is -1.16. The van der Waals surface area contributed by atoms with Crippen molar-refractivity contribution in [3.63, 3.8) is 0 Å². The van der Waals surface area contributed by atoms with E-state index in [4.69, 9.17) is 9.57 Å². The Morgan fingerprint density at radius 3 is 2.00 bits per heavy atom. The van der Waals surface area contributed by atoms with Gasteiger partial charge in [0, 0.05) is 17.5 Å². The highest BCUT2D eigenvalue weighted by Crippen LogP contribution is 2.44. The molecule has 0 bridgehead atoms. The third-order valence-electron chi connectivity index (χ3n) is 4.40. The molecule has 0 amide bonds. The predicted molar refractivity (Wildman–Crippen MR) is 89.6 cm³/mol. The smallest absolute Gasteiger partial charge is 0.333 e. The Hall–Kier alpha value is -1.46. The van der Waals surface area contributed by atoms with Gasteiger partial charge in [-0.3, -0.25) is 4.79 Å². The predicted octanol–water partition coefficient (Wildman–Crippen LogP) is 3.06. The summed E-state index contributed by atoms with van der Waals surface area (Å²) in [7, 11) is 1.59. The van der Waals surface area contributed by atoms with Crippen molar-refractivity contribution in [2.75, 3.05) is 7.11 Å². The summed E-state index contributed by atoms with van der Waals surface area (Å²) < 4.78 is 5.62. The molecule has 1 heterocycles. The molecule has 0 aromatic carbocycles. The topological polar surface area (TPSA) is 55.8 Å². The van der Waals surface area contributed by atoms with Gasteiger partial charge in [-0.05, 0) is 47.1 Å². The zero-order valence-electron chi connectivity index (χ0n) is 15.4. The number of hydrogen-bond donors (Lipinski definition) is 0. The number of Topliss-reactive ketones (excluding diaryl/α,β-unsaturated/α-hetero) is 1. The van der Waals surface area contributed by atoms with Crippen LogP contribution in [-0.2, 0) is 19.2 Å². The molecule has 2 atom stereocenters. The van der Waals surface area contributed by atoms with Gasteiger partial charge in [-0.25, -0.2) is 4.79 Å². The highest BCUT2D eigenvalue weighted by Gasteiger charge is 2.56. The normalized spacial score (nSPS) is 26.4. The lowest BCUT2D eigenvalue weighted by Gasteiger charge is -2.56. The average Bonchev–Trinajstić information content (AvgIpc) is 2.35. The van der Waals surface area contributed by atoms with Crippen LogP contribution in [0.3, 0.4) is 0 Å². The SMILES string of the molecule is C=C(C)C(=O)OC1CC(C)(C)N(OC)C(C)(C)C1C(=O)C(=C)C. The van der Waals surface area contributed by atoms with Crippen LogP contribution in [0.15, 0.2) is 24.3 Å². The summed E-state index contributed by atoms with van der Waals surface area (Å²) in [6.45, 7) is 18.5. The molecule has 1 rings (SSSR count). The Bertz CT molecular complexity index is 533. The van der Waals surface area contributed by atoms with Crippen LogP contribution < -0.4 is 0 Å². The van der Waals surface area contributed by atoms with Gasteiger partial charge in [0.2, 0.25) is 0 Å². The number of rotatable bonds is 5. The molecule has 5 heteroatoms. The first-order valence-electron chi connectivity index (χ1n) is 7.77. The molecule has 1 saturated heterocycles. The van der Waals surface area contributed by atoms with Gasteiger partial charge in [0.15, 0.2) is 5.78 Å². The van der Waals surface area contributed by atoms with E-state index in [9.17, 15) is 9.59 Å². The van der Waals surface area contributed by atoms with Crippen LogP contribution in [0.2, 0.25) is 0 Å². The summed E-state index contributed by atoms with van der Waals surface area (Å²) in [4.78, 5) is 30.4. The van der Waals surface area contributed by atoms with Crippen LogP contribution in [0.4, 0.5) is 0 Å². The zero-order chi connectivity index (χ0) is 18.2. The molecule has 1 aliphatic heterocycles. The van der Waals surface area contributed by atoms with E-state index < -0.39 is 29.1 Å². The van der Waals surface area contributed by atoms with Gasteiger partial charge in [0.25, 0.3) is 0 Å². The molecular formula is C18H29NO4. The zero-order valence-corrected chi connectivity index (χ0v) is 15.4. The van der Waals surface area contributed by atoms with Gasteiger partial charge in [0.1, 0.15) is 6.10 Å². The lowest BCUT2D eigenvalue weighted by atomic mass is 9.69. The van der Waals surface area contributed by atoms with E-state index >= 15 is 0 Å². The molecule has 130 valence electrons. The number of ketones is 1. The molecule has 0 aromatic heterocycles. The summed E-state index contributed by atoms with van der Waals surface area (Å²) in [5, 5.41) is 1.82. The Balaban J connectivity index is 3.34. The molecule has 0 spiro atoms. The minimum Gasteiger partial charge on any atom is -0.458 e. The molecule has 0 aliphatic carbocycles. The number of hydrogen-bond acceptors (Lipinski definition) is 5. The average molecular weight is 323 g/mol. The minimum absolute atomic E-state index is 0.118. The third kappa shape index (κ3) is 3.72. The van der Waals surface area contributed by atoms with Gasteiger partial charge in [-0.2, -0.15) is 5.06 Å². The van der Waals surface area contributed by atoms with E-state index in [0.717, 1.165) is 0 Å². The number of carbonyl (C=O) groups is 2. The van der Waals surface area contributed by atoms with Crippen LogP contribution in [0.1, 0.15) is 48.0 Å². The Labute approximate surface area is 139 Å². The Kier molecular flexibility index (Phi) is 5.60. The highest BCUT2D eigenvalue weighted by molar-refractivity contribution is 5.97. The summed E-state index contributed by atoms with van der Waals surface area (Å²) in [6.07, 6.45) is -0.0766. The van der Waals surface area contributed by atoms with Crippen molar-refractivity contribution in [2.45, 2.75) is 65.1 Å². The van der Waals surface area contributed by atoms with E-state index in [-0.39, 0.29) is 5.78 Å². The minimum atomic E-state index is -0.660. The van der Waals surface area contributed by atoms with E-state index in [2.05, 4.69) is 13.2 Å². The molecule has 1 fully saturated rings. The quantitative estimate of drug-likeness (QED) is 0.575. The second-order valence-corrected chi connectivity index (χ2v) is 7.49. The second-order valence-electron chi connectivity index (χ2n) is 7.49. The lowest BCUT2D eigenvalue weighted by Crippen LogP contribution is -2.68. The van der Waals surface area contributed by atoms with Crippen LogP contribution in [-0.4, -0.2) is 41.1 Å². The Morgan fingerprint density at radius 2 is 1.61 bits per heavy atom. The molecule has 5 nitrogen and oxygen atoms in total. The molecule has 0 radical (unpaired) electrons. The number of allylic oxidation sites excluding steroid dienone is 1. The highest BCUT2D eigenvalue weighted by atomic mass is 16.7. The van der Waals surface area contributed by atoms with E-state index in [0.29, 0.717) is 17.6 Å². The van der Waals surface area contributed by atoms with Gasteiger partial charge < -0.3 is 9.57 Å². The molecule has 23 heavy (non-hydrogen) atoms. The Morgan fingerprint density at radius 1 is 1.09 bits per heavy atom. The number of carbonyl (C=O) groups excluding carboxylic acids is 2. The first-order chi connectivity index (χ1) is 10.4. The van der Waals surface area contributed by atoms with Crippen LogP contribution in [0.5, 0.6) is 0 Å². The fourth-order valence-corrected chi connectivity index (χ4v) is 3.64. The van der Waals surface area contributed by atoms with E-state index in [1.54, 1.807) is 21.0 Å². The largest absolute Gasteiger partial charge is 0.458 e. The number of nitrogens with zero attached hydrogens (tertiary/aromatic N) is 1. The fraction of sp³-hybridized carbons (Fsp3) is 0.667. The maximum absolute atomic E-state index is 12.8. The summed E-state index contributed by atoms with van der Waals surface area (Å²) in [5.41, 5.74) is -0.303. The van der Waals surface area contributed by atoms with Gasteiger partial charge in [-0.15, -0.1) is 0 Å². The molecule has 1 aliphatic rings. The van der Waals surface area contributed by atoms with Crippen molar-refractivity contribution in [3.8, 4) is 0 Å². The van der Waals surface area contributed by atoms with Gasteiger partial charge in [-0.1, -0.05) is 13.2 Å². The van der Waals surface area contributed by atoms with Crippen molar-refractivity contribution in [1.82, 2.24) is 5.06 Å². The van der Waals surface area contributed by atoms with Gasteiger partial charge >= 0.3 is 5.97 Å². The molecular weight excluding hydrogens is 294 g/mol. The standard InChI is InChI=1S/C18H29NO4/c1-11(2)15(20)14-13(23-16(21)12(3)4)10-17(5,6)19(22-9)18(14,7)8/h13-14H,1,3,10H2,2,4-9H3. The molecule has 0 N–H and O–H groups in total. The first-order valence-corrected chi connectivity index (χ1v) is 7.77. The van der Waals surface area contributed by atoms with E-state index in [1.165, 1.54) is 0 Å². The summed E-state index contributed by atoms with van der Waals surface area (Å²) in [6, 6.07) is 0. The number of ether oxygens (including phenoxy) is 1. The third-order valence-corrected chi connectivity index (χ3v) is 4.40. The van der Waals surface area contributed by atoms with Crippen LogP contribution >= 0.6 is 0 Å². The molecule has 0 aromatic rings. The number of piperidine rings is 1. The fourth-order valence-electron chi connectivity index (χ4n) is 3.64. The molecule has 0 saturated carbocycles. The van der Waals surface area contributed by atoms with Crippen molar-refractivity contribution in [1.29, 1.82) is 0 Å².